The number of nitrogens with one attached hydrogen (secondary N) is 1. The molecule has 2 heterocycles. The molecule has 1 N–H and O–H groups in total. The summed E-state index contributed by atoms with van der Waals surface area (Å²) in [4.78, 5) is 22.4. The van der Waals surface area contributed by atoms with Crippen molar-refractivity contribution in [1.29, 1.82) is 0 Å². The van der Waals surface area contributed by atoms with Gasteiger partial charge in [0.25, 0.3) is 0 Å². The van der Waals surface area contributed by atoms with Gasteiger partial charge in [0.05, 0.1) is 19.7 Å². The highest BCUT2D eigenvalue weighted by atomic mass is 16.7. The van der Waals surface area contributed by atoms with E-state index in [1.54, 1.807) is 17.0 Å². The number of benzene rings is 1. The van der Waals surface area contributed by atoms with Crippen molar-refractivity contribution in [1.82, 2.24) is 9.97 Å². The fourth-order valence-electron chi connectivity index (χ4n) is 2.32. The van der Waals surface area contributed by atoms with Gasteiger partial charge in [-0.05, 0) is 17.7 Å². The fourth-order valence-corrected chi connectivity index (χ4v) is 2.32. The standard InChI is InChI=1S/C16H18N4O4/c1-20(2)15-11(8-17-16(19-15)22-3)18-14(21)7-10-4-5-12-13(6-10)24-9-23-12/h4-6,8H,7,9H2,1-3H3,(H,18,21). The van der Waals surface area contributed by atoms with Gasteiger partial charge in [-0.15, -0.1) is 0 Å². The third-order valence-corrected chi connectivity index (χ3v) is 3.43. The van der Waals surface area contributed by atoms with Gasteiger partial charge < -0.3 is 24.4 Å². The number of carbonyl (C=O) groups is 1. The molecule has 0 unspecified atom stereocenters. The van der Waals surface area contributed by atoms with Crippen LogP contribution in [-0.2, 0) is 11.2 Å². The van der Waals surface area contributed by atoms with Crippen molar-refractivity contribution >= 4 is 17.4 Å². The van der Waals surface area contributed by atoms with Gasteiger partial charge in [-0.1, -0.05) is 6.07 Å². The van der Waals surface area contributed by atoms with E-state index in [2.05, 4.69) is 15.3 Å². The van der Waals surface area contributed by atoms with Crippen LogP contribution in [0.25, 0.3) is 0 Å². The molecule has 0 spiro atoms. The zero-order valence-corrected chi connectivity index (χ0v) is 13.7. The van der Waals surface area contributed by atoms with Gasteiger partial charge in [-0.3, -0.25) is 4.79 Å². The number of methoxy groups -OCH3 is 1. The predicted octanol–water partition coefficient (Wildman–Crippen LogP) is 1.46. The smallest absolute Gasteiger partial charge is 0.318 e. The molecule has 0 radical (unpaired) electrons. The minimum atomic E-state index is -0.175. The van der Waals surface area contributed by atoms with Gasteiger partial charge in [0.15, 0.2) is 17.3 Å². The van der Waals surface area contributed by atoms with E-state index in [4.69, 9.17) is 14.2 Å². The molecule has 3 rings (SSSR count). The number of aromatic nitrogens is 2. The highest BCUT2D eigenvalue weighted by Crippen LogP contribution is 2.32. The van der Waals surface area contributed by atoms with E-state index >= 15 is 0 Å². The molecule has 1 aliphatic heterocycles. The van der Waals surface area contributed by atoms with Gasteiger partial charge in [0.1, 0.15) is 5.69 Å². The first kappa shape index (κ1) is 15.9. The Kier molecular flexibility index (Phi) is 4.37. The van der Waals surface area contributed by atoms with Gasteiger partial charge in [0, 0.05) is 14.1 Å². The van der Waals surface area contributed by atoms with Crippen LogP contribution in [0.15, 0.2) is 24.4 Å². The molecule has 0 atom stereocenters. The molecule has 1 amide bonds. The molecule has 1 aromatic heterocycles. The summed E-state index contributed by atoms with van der Waals surface area (Å²) < 4.78 is 15.6. The van der Waals surface area contributed by atoms with Crippen LogP contribution in [0.1, 0.15) is 5.56 Å². The summed E-state index contributed by atoms with van der Waals surface area (Å²) in [5, 5.41) is 2.83. The molecule has 0 bridgehead atoms. The van der Waals surface area contributed by atoms with E-state index in [-0.39, 0.29) is 25.1 Å². The lowest BCUT2D eigenvalue weighted by molar-refractivity contribution is -0.115. The Morgan fingerprint density at radius 3 is 2.88 bits per heavy atom. The summed E-state index contributed by atoms with van der Waals surface area (Å²) in [5.41, 5.74) is 1.35. The maximum Gasteiger partial charge on any atom is 0.318 e. The summed E-state index contributed by atoms with van der Waals surface area (Å²) in [6.07, 6.45) is 1.73. The quantitative estimate of drug-likeness (QED) is 0.888. The molecule has 8 nitrogen and oxygen atoms in total. The lowest BCUT2D eigenvalue weighted by atomic mass is 10.1. The van der Waals surface area contributed by atoms with E-state index < -0.39 is 0 Å². The molecule has 1 aliphatic rings. The third kappa shape index (κ3) is 3.32. The first-order chi connectivity index (χ1) is 11.6. The zero-order valence-electron chi connectivity index (χ0n) is 13.7. The number of amides is 1. The average Bonchev–Trinajstić information content (AvgIpc) is 3.02. The molecule has 1 aromatic carbocycles. The highest BCUT2D eigenvalue weighted by Gasteiger charge is 2.16. The molecular formula is C16H18N4O4. The number of ether oxygens (including phenoxy) is 3. The SMILES string of the molecule is COc1ncc(NC(=O)Cc2ccc3c(c2)OCO3)c(N(C)C)n1. The maximum absolute atomic E-state index is 12.3. The molecule has 0 saturated heterocycles. The molecule has 24 heavy (non-hydrogen) atoms. The number of nitrogens with zero attached hydrogens (tertiary/aromatic N) is 3. The van der Waals surface area contributed by atoms with Crippen molar-refractivity contribution < 1.29 is 19.0 Å². The lowest BCUT2D eigenvalue weighted by Gasteiger charge is -2.16. The highest BCUT2D eigenvalue weighted by molar-refractivity contribution is 5.94. The van der Waals surface area contributed by atoms with Crippen molar-refractivity contribution in [2.75, 3.05) is 38.2 Å². The number of fused-ring (bicyclic) bond motifs is 1. The summed E-state index contributed by atoms with van der Waals surface area (Å²) in [7, 11) is 5.15. The molecule has 0 saturated carbocycles. The zero-order chi connectivity index (χ0) is 17.1. The largest absolute Gasteiger partial charge is 0.467 e. The van der Waals surface area contributed by atoms with Gasteiger partial charge in [-0.2, -0.15) is 4.98 Å². The van der Waals surface area contributed by atoms with Crippen LogP contribution in [-0.4, -0.2) is 43.9 Å². The second kappa shape index (κ2) is 6.61. The van der Waals surface area contributed by atoms with E-state index in [0.29, 0.717) is 23.0 Å². The van der Waals surface area contributed by atoms with E-state index in [0.717, 1.165) is 5.56 Å². The molecule has 0 aliphatic carbocycles. The van der Waals surface area contributed by atoms with E-state index in [1.165, 1.54) is 13.3 Å². The second-order valence-corrected chi connectivity index (χ2v) is 5.40. The van der Waals surface area contributed by atoms with Crippen molar-refractivity contribution in [3.05, 3.63) is 30.0 Å². The van der Waals surface area contributed by atoms with Crippen molar-refractivity contribution in [3.8, 4) is 17.5 Å². The fraction of sp³-hybridized carbons (Fsp3) is 0.312. The summed E-state index contributed by atoms with van der Waals surface area (Å²) in [5.74, 6) is 1.74. The van der Waals surface area contributed by atoms with Crippen LogP contribution < -0.4 is 24.4 Å². The van der Waals surface area contributed by atoms with Crippen LogP contribution >= 0.6 is 0 Å². The molecule has 2 aromatic rings. The lowest BCUT2D eigenvalue weighted by Crippen LogP contribution is -2.19. The van der Waals surface area contributed by atoms with Crippen LogP contribution in [0.3, 0.4) is 0 Å². The Hall–Kier alpha value is -3.03. The Bertz CT molecular complexity index is 764. The maximum atomic E-state index is 12.3. The Balaban J connectivity index is 1.73. The molecular weight excluding hydrogens is 312 g/mol. The second-order valence-electron chi connectivity index (χ2n) is 5.40. The minimum Gasteiger partial charge on any atom is -0.467 e. The average molecular weight is 330 g/mol. The van der Waals surface area contributed by atoms with Crippen LogP contribution in [0.4, 0.5) is 11.5 Å². The number of hydrogen-bond acceptors (Lipinski definition) is 7. The van der Waals surface area contributed by atoms with Gasteiger partial charge in [-0.25, -0.2) is 4.98 Å². The van der Waals surface area contributed by atoms with Gasteiger partial charge in [0.2, 0.25) is 12.7 Å². The first-order valence-corrected chi connectivity index (χ1v) is 7.33. The first-order valence-electron chi connectivity index (χ1n) is 7.33. The van der Waals surface area contributed by atoms with Crippen molar-refractivity contribution in [2.24, 2.45) is 0 Å². The van der Waals surface area contributed by atoms with Crippen LogP contribution in [0, 0.1) is 0 Å². The number of rotatable bonds is 5. The van der Waals surface area contributed by atoms with Crippen LogP contribution in [0.2, 0.25) is 0 Å². The summed E-state index contributed by atoms with van der Waals surface area (Å²) in [6.45, 7) is 0.209. The molecule has 8 heteroatoms. The van der Waals surface area contributed by atoms with Crippen LogP contribution in [0.5, 0.6) is 17.5 Å². The Morgan fingerprint density at radius 2 is 2.12 bits per heavy atom. The Labute approximate surface area is 139 Å². The number of hydrogen-bond donors (Lipinski definition) is 1. The molecule has 126 valence electrons. The van der Waals surface area contributed by atoms with E-state index in [9.17, 15) is 4.79 Å². The monoisotopic (exact) mass is 330 g/mol. The third-order valence-electron chi connectivity index (χ3n) is 3.43. The summed E-state index contributed by atoms with van der Waals surface area (Å²) >= 11 is 0. The predicted molar refractivity (Wildman–Crippen MR) is 87.8 cm³/mol. The van der Waals surface area contributed by atoms with Gasteiger partial charge >= 0.3 is 6.01 Å². The van der Waals surface area contributed by atoms with E-state index in [1.807, 2.05) is 20.2 Å². The summed E-state index contributed by atoms with van der Waals surface area (Å²) in [6, 6.07) is 5.68. The molecule has 0 fully saturated rings. The number of anilines is 2. The Morgan fingerprint density at radius 1 is 1.33 bits per heavy atom. The normalized spacial score (nSPS) is 12.0. The van der Waals surface area contributed by atoms with Crippen molar-refractivity contribution in [3.63, 3.8) is 0 Å². The number of carbonyl (C=O) groups excluding carboxylic acids is 1. The minimum absolute atomic E-state index is 0.175. The van der Waals surface area contributed by atoms with Crippen molar-refractivity contribution in [2.45, 2.75) is 6.42 Å². The topological polar surface area (TPSA) is 85.8 Å².